The number of nitrogens with zero attached hydrogens (tertiary/aromatic N) is 3. The predicted molar refractivity (Wildman–Crippen MR) is 129 cm³/mol. The van der Waals surface area contributed by atoms with E-state index in [1.807, 2.05) is 0 Å². The van der Waals surface area contributed by atoms with Crippen molar-refractivity contribution in [3.8, 4) is 0 Å². The molecule has 0 saturated heterocycles. The lowest BCUT2D eigenvalue weighted by Gasteiger charge is -2.37. The van der Waals surface area contributed by atoms with Crippen LogP contribution in [0.15, 0.2) is 0 Å². The van der Waals surface area contributed by atoms with Gasteiger partial charge in [0.15, 0.2) is 9.76 Å². The minimum absolute atomic E-state index is 0.106. The Bertz CT molecular complexity index is 335. The highest BCUT2D eigenvalue weighted by atomic mass is 28.2. The van der Waals surface area contributed by atoms with Gasteiger partial charge in [-0.3, -0.25) is 0 Å². The Balaban J connectivity index is 5.09. The first kappa shape index (κ1) is 28.1. The fourth-order valence-electron chi connectivity index (χ4n) is 4.03. The van der Waals surface area contributed by atoms with E-state index >= 15 is 0 Å². The van der Waals surface area contributed by atoms with Crippen LogP contribution in [0, 0.1) is 5.41 Å². The van der Waals surface area contributed by atoms with Crippen LogP contribution in [-0.4, -0.2) is 92.0 Å². The minimum atomic E-state index is -0.502. The number of rotatable bonds is 18. The highest BCUT2D eigenvalue weighted by molar-refractivity contribution is 6.27. The highest BCUT2D eigenvalue weighted by Crippen LogP contribution is 2.40. The van der Waals surface area contributed by atoms with E-state index in [-0.39, 0.29) is 5.60 Å². The summed E-state index contributed by atoms with van der Waals surface area (Å²) in [6.07, 6.45) is 10.3. The maximum absolute atomic E-state index is 6.57. The smallest absolute Gasteiger partial charge is 0.162 e. The summed E-state index contributed by atoms with van der Waals surface area (Å²) in [5.41, 5.74) is 0.589. The fourth-order valence-corrected chi connectivity index (χ4v) is 6.22. The van der Waals surface area contributed by atoms with Crippen LogP contribution in [0.3, 0.4) is 0 Å². The number of hydrogen-bond acceptors (Lipinski definition) is 4. The Hall–Kier alpha value is 0.0569. The SMILES string of the molecule is CCC(C)(CC)O[SiH2]CC(CCCN(C)C)(CCCN(C)C)CCCN(C)C. The van der Waals surface area contributed by atoms with Crippen molar-refractivity contribution in [1.82, 2.24) is 14.7 Å². The van der Waals surface area contributed by atoms with Crippen LogP contribution in [0.1, 0.15) is 72.1 Å². The van der Waals surface area contributed by atoms with Gasteiger partial charge in [0.1, 0.15) is 0 Å². The second-order valence-corrected chi connectivity index (χ2v) is 11.2. The van der Waals surface area contributed by atoms with E-state index in [1.165, 1.54) is 64.2 Å². The third-order valence-electron chi connectivity index (χ3n) is 6.52. The van der Waals surface area contributed by atoms with Crippen molar-refractivity contribution < 1.29 is 4.43 Å². The normalized spacial score (nSPS) is 13.7. The van der Waals surface area contributed by atoms with E-state index in [2.05, 4.69) is 77.8 Å². The van der Waals surface area contributed by atoms with Gasteiger partial charge in [0, 0.05) is 0 Å². The molecule has 0 aromatic carbocycles. The van der Waals surface area contributed by atoms with Crippen LogP contribution in [0.2, 0.25) is 6.04 Å². The molecule has 0 fully saturated rings. The Kier molecular flexibility index (Phi) is 15.0. The van der Waals surface area contributed by atoms with Gasteiger partial charge < -0.3 is 19.1 Å². The van der Waals surface area contributed by atoms with Crippen molar-refractivity contribution in [3.63, 3.8) is 0 Å². The molecule has 0 saturated carbocycles. The lowest BCUT2D eigenvalue weighted by Crippen LogP contribution is -2.33. The van der Waals surface area contributed by atoms with Crippen LogP contribution < -0.4 is 0 Å². The Morgan fingerprint density at radius 1 is 0.679 bits per heavy atom. The average Bonchev–Trinajstić information content (AvgIpc) is 2.60. The molecule has 28 heavy (non-hydrogen) atoms. The summed E-state index contributed by atoms with van der Waals surface area (Å²) in [4.78, 5) is 7.01. The lowest BCUT2D eigenvalue weighted by atomic mass is 9.76. The number of hydrogen-bond donors (Lipinski definition) is 0. The summed E-state index contributed by atoms with van der Waals surface area (Å²) in [6.45, 7) is 10.5. The molecule has 4 nitrogen and oxygen atoms in total. The van der Waals surface area contributed by atoms with E-state index < -0.39 is 9.76 Å². The van der Waals surface area contributed by atoms with Crippen molar-refractivity contribution >= 4 is 9.76 Å². The minimum Gasteiger partial charge on any atom is -0.419 e. The highest BCUT2D eigenvalue weighted by Gasteiger charge is 2.30. The molecule has 0 aromatic heterocycles. The molecule has 0 amide bonds. The van der Waals surface area contributed by atoms with Crippen molar-refractivity contribution in [2.24, 2.45) is 5.41 Å². The maximum atomic E-state index is 6.57. The van der Waals surface area contributed by atoms with Crippen molar-refractivity contribution in [3.05, 3.63) is 0 Å². The van der Waals surface area contributed by atoms with Gasteiger partial charge in [-0.2, -0.15) is 0 Å². The molecule has 0 rings (SSSR count). The Labute approximate surface area is 180 Å². The summed E-state index contributed by atoms with van der Waals surface area (Å²) in [5.74, 6) is 0. The maximum Gasteiger partial charge on any atom is 0.162 e. The third kappa shape index (κ3) is 13.3. The van der Waals surface area contributed by atoms with Gasteiger partial charge >= 0.3 is 0 Å². The molecule has 0 atom stereocenters. The Morgan fingerprint density at radius 2 is 1.04 bits per heavy atom. The van der Waals surface area contributed by atoms with Gasteiger partial charge in [0.05, 0.1) is 5.60 Å². The second kappa shape index (κ2) is 14.9. The molecule has 0 spiro atoms. The van der Waals surface area contributed by atoms with Crippen LogP contribution in [0.4, 0.5) is 0 Å². The molecule has 0 aliphatic rings. The van der Waals surface area contributed by atoms with Crippen LogP contribution in [0.25, 0.3) is 0 Å². The zero-order valence-electron chi connectivity index (χ0n) is 20.9. The largest absolute Gasteiger partial charge is 0.419 e. The first-order chi connectivity index (χ1) is 13.1. The van der Waals surface area contributed by atoms with E-state index in [9.17, 15) is 0 Å². The standard InChI is InChI=1S/C23H53N3OSi/c1-10-22(3,11-2)27-28-21-23(15-12-18-24(4)5,16-13-19-25(6)7)17-14-20-26(8)9/h10-21,28H2,1-9H3. The van der Waals surface area contributed by atoms with E-state index in [0.29, 0.717) is 5.41 Å². The molecule has 0 unspecified atom stereocenters. The van der Waals surface area contributed by atoms with Crippen molar-refractivity contribution in [2.75, 3.05) is 61.9 Å². The predicted octanol–water partition coefficient (Wildman–Crippen LogP) is 4.10. The fraction of sp³-hybridized carbons (Fsp3) is 1.00. The summed E-state index contributed by atoms with van der Waals surface area (Å²) in [5, 5.41) is 0. The quantitative estimate of drug-likeness (QED) is 0.314. The lowest BCUT2D eigenvalue weighted by molar-refractivity contribution is 0.0798. The van der Waals surface area contributed by atoms with E-state index in [4.69, 9.17) is 4.43 Å². The Morgan fingerprint density at radius 3 is 1.32 bits per heavy atom. The van der Waals surface area contributed by atoms with Crippen LogP contribution >= 0.6 is 0 Å². The van der Waals surface area contributed by atoms with Gasteiger partial charge in [0.25, 0.3) is 0 Å². The topological polar surface area (TPSA) is 19.0 Å². The molecule has 0 aromatic rings. The molecule has 170 valence electrons. The molecule has 0 heterocycles. The molecule has 5 heteroatoms. The monoisotopic (exact) mass is 415 g/mol. The zero-order chi connectivity index (χ0) is 21.6. The van der Waals surface area contributed by atoms with E-state index in [0.717, 1.165) is 12.8 Å². The van der Waals surface area contributed by atoms with Crippen molar-refractivity contribution in [2.45, 2.75) is 83.8 Å². The summed E-state index contributed by atoms with van der Waals surface area (Å²) in [7, 11) is 12.7. The molecule has 0 aliphatic carbocycles. The van der Waals surface area contributed by atoms with Crippen LogP contribution in [0.5, 0.6) is 0 Å². The van der Waals surface area contributed by atoms with Gasteiger partial charge in [-0.05, 0) is 132 Å². The molecule has 0 N–H and O–H groups in total. The summed E-state index contributed by atoms with van der Waals surface area (Å²) in [6, 6.07) is 1.34. The zero-order valence-corrected chi connectivity index (χ0v) is 22.4. The van der Waals surface area contributed by atoms with Gasteiger partial charge in [0.2, 0.25) is 0 Å². The second-order valence-electron chi connectivity index (χ2n) is 9.98. The third-order valence-corrected chi connectivity index (χ3v) is 8.68. The molecular formula is C23H53N3OSi. The molecule has 0 radical (unpaired) electrons. The van der Waals surface area contributed by atoms with Gasteiger partial charge in [-0.25, -0.2) is 0 Å². The summed E-state index contributed by atoms with van der Waals surface area (Å²) >= 11 is 0. The first-order valence-electron chi connectivity index (χ1n) is 11.7. The molecule has 0 aliphatic heterocycles. The molecule has 0 bridgehead atoms. The first-order valence-corrected chi connectivity index (χ1v) is 13.2. The molecular weight excluding hydrogens is 362 g/mol. The van der Waals surface area contributed by atoms with Crippen molar-refractivity contribution in [1.29, 1.82) is 0 Å². The van der Waals surface area contributed by atoms with Gasteiger partial charge in [-0.1, -0.05) is 13.8 Å². The van der Waals surface area contributed by atoms with E-state index in [1.54, 1.807) is 0 Å². The summed E-state index contributed by atoms with van der Waals surface area (Å²) < 4.78 is 6.57. The van der Waals surface area contributed by atoms with Gasteiger partial charge in [-0.15, -0.1) is 0 Å². The van der Waals surface area contributed by atoms with Crippen LogP contribution in [-0.2, 0) is 4.43 Å². The average molecular weight is 416 g/mol.